The van der Waals surface area contributed by atoms with Gasteiger partial charge in [0.2, 0.25) is 11.8 Å². The fourth-order valence-corrected chi connectivity index (χ4v) is 3.09. The minimum absolute atomic E-state index is 0.00983. The van der Waals surface area contributed by atoms with Gasteiger partial charge in [-0.2, -0.15) is 5.10 Å². The van der Waals surface area contributed by atoms with Crippen molar-refractivity contribution in [2.24, 2.45) is 5.92 Å². The fraction of sp³-hybridized carbons (Fsp3) is 0.625. The van der Waals surface area contributed by atoms with Crippen LogP contribution in [0.15, 0.2) is 12.1 Å². The number of Topliss-reactive ketones (excluding diaryl/α,β-unsaturated/α-hetero) is 1. The van der Waals surface area contributed by atoms with Crippen molar-refractivity contribution >= 4 is 11.7 Å². The van der Waals surface area contributed by atoms with Crippen molar-refractivity contribution in [2.75, 3.05) is 13.1 Å². The number of hydrogen-bond donors (Lipinski definition) is 0. The van der Waals surface area contributed by atoms with Crippen LogP contribution >= 0.6 is 0 Å². The van der Waals surface area contributed by atoms with Crippen molar-refractivity contribution in [2.45, 2.75) is 45.1 Å². The molecular formula is C16H21N3O3. The van der Waals surface area contributed by atoms with E-state index in [1.54, 1.807) is 6.07 Å². The Bertz CT molecular complexity index is 548. The van der Waals surface area contributed by atoms with Gasteiger partial charge in [0, 0.05) is 37.8 Å². The van der Waals surface area contributed by atoms with Gasteiger partial charge in [0.15, 0.2) is 0 Å². The largest absolute Gasteiger partial charge is 0.471 e. The molecule has 22 heavy (non-hydrogen) atoms. The fourth-order valence-electron chi connectivity index (χ4n) is 3.09. The first-order valence-electron chi connectivity index (χ1n) is 7.89. The normalized spacial score (nSPS) is 22.9. The van der Waals surface area contributed by atoms with Crippen LogP contribution in [0.4, 0.5) is 0 Å². The molecule has 0 radical (unpaired) electrons. The van der Waals surface area contributed by atoms with Gasteiger partial charge in [-0.1, -0.05) is 0 Å². The summed E-state index contributed by atoms with van der Waals surface area (Å²) in [4.78, 5) is 25.6. The Balaban J connectivity index is 1.52. The summed E-state index contributed by atoms with van der Waals surface area (Å²) in [6.45, 7) is 3.19. The monoisotopic (exact) mass is 303 g/mol. The molecule has 1 aliphatic heterocycles. The van der Waals surface area contributed by atoms with Crippen LogP contribution in [0.2, 0.25) is 0 Å². The van der Waals surface area contributed by atoms with Crippen molar-refractivity contribution in [3.63, 3.8) is 0 Å². The zero-order chi connectivity index (χ0) is 15.5. The predicted molar refractivity (Wildman–Crippen MR) is 79.3 cm³/mol. The molecule has 1 aromatic rings. The molecular weight excluding hydrogens is 282 g/mol. The average molecular weight is 303 g/mol. The van der Waals surface area contributed by atoms with Crippen LogP contribution in [0.1, 0.15) is 37.8 Å². The minimum Gasteiger partial charge on any atom is -0.471 e. The highest BCUT2D eigenvalue weighted by Crippen LogP contribution is 2.26. The second-order valence-corrected chi connectivity index (χ2v) is 6.14. The molecule has 1 aromatic heterocycles. The lowest BCUT2D eigenvalue weighted by molar-refractivity contribution is -0.136. The summed E-state index contributed by atoms with van der Waals surface area (Å²) in [6.07, 6.45) is 3.28. The first-order valence-corrected chi connectivity index (χ1v) is 7.89. The van der Waals surface area contributed by atoms with Crippen LogP contribution in [-0.4, -0.2) is 46.0 Å². The van der Waals surface area contributed by atoms with Gasteiger partial charge in [-0.25, -0.2) is 0 Å². The van der Waals surface area contributed by atoms with Crippen LogP contribution < -0.4 is 4.74 Å². The van der Waals surface area contributed by atoms with Crippen molar-refractivity contribution in [1.82, 2.24) is 15.1 Å². The first-order chi connectivity index (χ1) is 10.6. The molecule has 1 amide bonds. The number of aryl methyl sites for hydroxylation is 1. The van der Waals surface area contributed by atoms with Gasteiger partial charge in [0.1, 0.15) is 11.9 Å². The van der Waals surface area contributed by atoms with E-state index in [0.29, 0.717) is 44.7 Å². The third-order valence-corrected chi connectivity index (χ3v) is 4.41. The third-order valence-electron chi connectivity index (χ3n) is 4.41. The molecule has 1 unspecified atom stereocenters. The second-order valence-electron chi connectivity index (χ2n) is 6.14. The Kier molecular flexibility index (Phi) is 4.36. The van der Waals surface area contributed by atoms with Gasteiger partial charge >= 0.3 is 0 Å². The van der Waals surface area contributed by atoms with Crippen molar-refractivity contribution in [1.29, 1.82) is 0 Å². The zero-order valence-electron chi connectivity index (χ0n) is 12.8. The van der Waals surface area contributed by atoms with Gasteiger partial charge < -0.3 is 9.64 Å². The number of aromatic nitrogens is 2. The highest BCUT2D eigenvalue weighted by molar-refractivity contribution is 5.84. The highest BCUT2D eigenvalue weighted by atomic mass is 16.5. The maximum atomic E-state index is 12.5. The molecule has 118 valence electrons. The van der Waals surface area contributed by atoms with Gasteiger partial charge in [-0.05, 0) is 25.8 Å². The lowest BCUT2D eigenvalue weighted by Gasteiger charge is -2.25. The van der Waals surface area contributed by atoms with E-state index in [1.807, 2.05) is 17.9 Å². The van der Waals surface area contributed by atoms with Crippen LogP contribution in [-0.2, 0) is 9.59 Å². The number of likely N-dealkylation sites (tertiary alicyclic amines) is 1. The summed E-state index contributed by atoms with van der Waals surface area (Å²) in [5.74, 6) is 0.974. The molecule has 1 saturated heterocycles. The number of amides is 1. The summed E-state index contributed by atoms with van der Waals surface area (Å²) < 4.78 is 5.79. The SMILES string of the molecule is Cc1ccc(OC2CCN(C(=O)C3CCC(=O)CC3)C2)nn1. The Morgan fingerprint density at radius 3 is 2.68 bits per heavy atom. The van der Waals surface area contributed by atoms with Crippen molar-refractivity contribution in [3.8, 4) is 5.88 Å². The zero-order valence-corrected chi connectivity index (χ0v) is 12.8. The maximum absolute atomic E-state index is 12.5. The molecule has 2 fully saturated rings. The Morgan fingerprint density at radius 1 is 1.23 bits per heavy atom. The molecule has 6 nitrogen and oxygen atoms in total. The van der Waals surface area contributed by atoms with Crippen LogP contribution in [0.3, 0.4) is 0 Å². The van der Waals surface area contributed by atoms with E-state index in [-0.39, 0.29) is 23.7 Å². The van der Waals surface area contributed by atoms with Crippen molar-refractivity contribution < 1.29 is 14.3 Å². The van der Waals surface area contributed by atoms with Gasteiger partial charge in [-0.15, -0.1) is 5.10 Å². The second kappa shape index (κ2) is 6.42. The van der Waals surface area contributed by atoms with E-state index >= 15 is 0 Å². The Hall–Kier alpha value is -1.98. The number of nitrogens with zero attached hydrogens (tertiary/aromatic N) is 3. The number of ether oxygens (including phenoxy) is 1. The number of rotatable bonds is 3. The Labute approximate surface area is 129 Å². The number of ketones is 1. The summed E-state index contributed by atoms with van der Waals surface area (Å²) in [5, 5.41) is 7.97. The van der Waals surface area contributed by atoms with Gasteiger partial charge in [0.05, 0.1) is 12.2 Å². The molecule has 1 aliphatic carbocycles. The first kappa shape index (κ1) is 14.9. The van der Waals surface area contributed by atoms with E-state index < -0.39 is 0 Å². The minimum atomic E-state index is -0.0221. The van der Waals surface area contributed by atoms with E-state index in [4.69, 9.17) is 4.74 Å². The van der Waals surface area contributed by atoms with E-state index in [2.05, 4.69) is 10.2 Å². The molecule has 0 N–H and O–H groups in total. The quantitative estimate of drug-likeness (QED) is 0.846. The topological polar surface area (TPSA) is 72.4 Å². The number of carbonyl (C=O) groups excluding carboxylic acids is 2. The van der Waals surface area contributed by atoms with E-state index in [0.717, 1.165) is 12.1 Å². The van der Waals surface area contributed by atoms with Crippen LogP contribution in [0.5, 0.6) is 5.88 Å². The number of carbonyl (C=O) groups is 2. The molecule has 1 saturated carbocycles. The highest BCUT2D eigenvalue weighted by Gasteiger charge is 2.33. The molecule has 6 heteroatoms. The third kappa shape index (κ3) is 3.43. The molecule has 0 bridgehead atoms. The molecule has 2 heterocycles. The predicted octanol–water partition coefficient (Wildman–Crippen LogP) is 1.52. The van der Waals surface area contributed by atoms with E-state index in [1.165, 1.54) is 0 Å². The molecule has 0 aromatic carbocycles. The molecule has 3 rings (SSSR count). The smallest absolute Gasteiger partial charge is 0.233 e. The van der Waals surface area contributed by atoms with Crippen LogP contribution in [0, 0.1) is 12.8 Å². The molecule has 2 aliphatic rings. The number of hydrogen-bond acceptors (Lipinski definition) is 5. The standard InChI is InChI=1S/C16H21N3O3/c1-11-2-7-15(18-17-11)22-14-8-9-19(10-14)16(21)12-3-5-13(20)6-4-12/h2,7,12,14H,3-6,8-10H2,1H3. The Morgan fingerprint density at radius 2 is 2.00 bits per heavy atom. The van der Waals surface area contributed by atoms with Crippen molar-refractivity contribution in [3.05, 3.63) is 17.8 Å². The summed E-state index contributed by atoms with van der Waals surface area (Å²) in [6, 6.07) is 3.67. The van der Waals surface area contributed by atoms with Gasteiger partial charge in [0.25, 0.3) is 0 Å². The molecule has 0 spiro atoms. The summed E-state index contributed by atoms with van der Waals surface area (Å²) >= 11 is 0. The molecule has 1 atom stereocenters. The lowest BCUT2D eigenvalue weighted by atomic mass is 9.87. The van der Waals surface area contributed by atoms with E-state index in [9.17, 15) is 9.59 Å². The maximum Gasteiger partial charge on any atom is 0.233 e. The average Bonchev–Trinajstić information content (AvgIpc) is 2.98. The summed E-state index contributed by atoms with van der Waals surface area (Å²) in [5.41, 5.74) is 0.849. The summed E-state index contributed by atoms with van der Waals surface area (Å²) in [7, 11) is 0. The van der Waals surface area contributed by atoms with Gasteiger partial charge in [-0.3, -0.25) is 9.59 Å². The lowest BCUT2D eigenvalue weighted by Crippen LogP contribution is -2.37. The van der Waals surface area contributed by atoms with Crippen LogP contribution in [0.25, 0.3) is 0 Å².